The van der Waals surface area contributed by atoms with Gasteiger partial charge < -0.3 is 10.2 Å². The molecule has 1 atom stereocenters. The summed E-state index contributed by atoms with van der Waals surface area (Å²) in [6.45, 7) is 0.535. The minimum atomic E-state index is -3.21. The van der Waals surface area contributed by atoms with Gasteiger partial charge in [-0.2, -0.15) is 0 Å². The van der Waals surface area contributed by atoms with Gasteiger partial charge in [0.15, 0.2) is 0 Å². The van der Waals surface area contributed by atoms with Crippen LogP contribution in [0.3, 0.4) is 0 Å². The van der Waals surface area contributed by atoms with E-state index in [-0.39, 0.29) is 18.0 Å². The Morgan fingerprint density at radius 2 is 2.14 bits per heavy atom. The van der Waals surface area contributed by atoms with Crippen molar-refractivity contribution in [2.75, 3.05) is 7.05 Å². The van der Waals surface area contributed by atoms with Crippen LogP contribution in [0.4, 0.5) is 13.2 Å². The smallest absolute Gasteiger partial charge is 0.270 e. The average Bonchev–Trinajstić information content (AvgIpc) is 2.76. The van der Waals surface area contributed by atoms with Crippen LogP contribution < -0.4 is 5.32 Å². The summed E-state index contributed by atoms with van der Waals surface area (Å²) >= 11 is 0. The number of carbonyl (C=O) groups is 2. The average molecular weight is 314 g/mol. The lowest BCUT2D eigenvalue weighted by Crippen LogP contribution is -2.42. The first kappa shape index (κ1) is 16.3. The molecule has 0 radical (unpaired) electrons. The second-order valence-corrected chi connectivity index (χ2v) is 5.47. The Balaban J connectivity index is 2.09. The molecule has 0 aromatic heterocycles. The third kappa shape index (κ3) is 3.40. The third-order valence-corrected chi connectivity index (χ3v) is 3.79. The number of likely N-dealkylation sites (N-methyl/N-ethyl adjacent to an activating group) is 1. The molecule has 0 bridgehead atoms. The van der Waals surface area contributed by atoms with E-state index in [0.717, 1.165) is 12.1 Å². The normalized spacial score (nSPS) is 18.7. The van der Waals surface area contributed by atoms with Gasteiger partial charge in [-0.3, -0.25) is 9.59 Å². The summed E-state index contributed by atoms with van der Waals surface area (Å²) in [5.74, 6) is -4.49. The second kappa shape index (κ2) is 5.98. The first-order valence-corrected chi connectivity index (χ1v) is 6.90. The highest BCUT2D eigenvalue weighted by Gasteiger charge is 2.33. The Hall–Kier alpha value is -2.05. The van der Waals surface area contributed by atoms with Crippen molar-refractivity contribution < 1.29 is 22.8 Å². The highest BCUT2D eigenvalue weighted by Crippen LogP contribution is 2.30. The standard InChI is InChI=1S/C15H17F3N2O2/c1-15(17,18)11-7-10(16)4-3-9(11)8-19-14(22)12-5-6-13(21)20(12)2/h3-4,7,12H,5-6,8H2,1-2H3,(H,19,22). The van der Waals surface area contributed by atoms with E-state index in [2.05, 4.69) is 5.32 Å². The predicted octanol–water partition coefficient (Wildman–Crippen LogP) is 2.17. The number of hydrogen-bond donors (Lipinski definition) is 1. The fraction of sp³-hybridized carbons (Fsp3) is 0.467. The van der Waals surface area contributed by atoms with Crippen molar-refractivity contribution in [2.45, 2.75) is 38.3 Å². The van der Waals surface area contributed by atoms with Gasteiger partial charge in [-0.05, 0) is 24.1 Å². The van der Waals surface area contributed by atoms with Crippen LogP contribution in [-0.2, 0) is 22.1 Å². The summed E-state index contributed by atoms with van der Waals surface area (Å²) in [4.78, 5) is 24.8. The van der Waals surface area contributed by atoms with Crippen LogP contribution in [0.2, 0.25) is 0 Å². The predicted molar refractivity (Wildman–Crippen MR) is 73.6 cm³/mol. The van der Waals surface area contributed by atoms with E-state index in [4.69, 9.17) is 0 Å². The summed E-state index contributed by atoms with van der Waals surface area (Å²) in [6.07, 6.45) is 0.699. The molecular formula is C15H17F3N2O2. The molecule has 7 heteroatoms. The molecule has 0 spiro atoms. The largest absolute Gasteiger partial charge is 0.350 e. The maximum Gasteiger partial charge on any atom is 0.270 e. The number of likely N-dealkylation sites (tertiary alicyclic amines) is 1. The van der Waals surface area contributed by atoms with Gasteiger partial charge in [-0.15, -0.1) is 0 Å². The molecule has 22 heavy (non-hydrogen) atoms. The van der Waals surface area contributed by atoms with Crippen molar-refractivity contribution in [1.82, 2.24) is 10.2 Å². The molecule has 0 aliphatic carbocycles. The van der Waals surface area contributed by atoms with Crippen LogP contribution in [0.5, 0.6) is 0 Å². The molecule has 0 saturated carbocycles. The number of amides is 2. The zero-order chi connectivity index (χ0) is 16.5. The lowest BCUT2D eigenvalue weighted by Gasteiger charge is -2.20. The molecular weight excluding hydrogens is 297 g/mol. The molecule has 1 aliphatic heterocycles. The van der Waals surface area contributed by atoms with E-state index in [1.54, 1.807) is 0 Å². The SMILES string of the molecule is CN1C(=O)CCC1C(=O)NCc1ccc(F)cc1C(C)(F)F. The zero-order valence-electron chi connectivity index (χ0n) is 12.3. The molecule has 4 nitrogen and oxygen atoms in total. The number of rotatable bonds is 4. The van der Waals surface area contributed by atoms with E-state index < -0.39 is 29.3 Å². The Morgan fingerprint density at radius 1 is 1.45 bits per heavy atom. The molecule has 1 saturated heterocycles. The van der Waals surface area contributed by atoms with E-state index in [1.807, 2.05) is 0 Å². The summed E-state index contributed by atoms with van der Waals surface area (Å²) in [6, 6.07) is 2.49. The number of carbonyl (C=O) groups excluding carboxylic acids is 2. The molecule has 1 N–H and O–H groups in total. The minimum absolute atomic E-state index is 0.122. The van der Waals surface area contributed by atoms with Gasteiger partial charge in [0.25, 0.3) is 5.92 Å². The van der Waals surface area contributed by atoms with Gasteiger partial charge >= 0.3 is 0 Å². The number of benzene rings is 1. The second-order valence-electron chi connectivity index (χ2n) is 5.47. The van der Waals surface area contributed by atoms with Crippen molar-refractivity contribution in [2.24, 2.45) is 0 Å². The van der Waals surface area contributed by atoms with Crippen molar-refractivity contribution >= 4 is 11.8 Å². The molecule has 2 rings (SSSR count). The third-order valence-electron chi connectivity index (χ3n) is 3.79. The van der Waals surface area contributed by atoms with Crippen molar-refractivity contribution in [3.63, 3.8) is 0 Å². The molecule has 1 aromatic carbocycles. The molecule has 1 fully saturated rings. The van der Waals surface area contributed by atoms with Gasteiger partial charge in [0.2, 0.25) is 11.8 Å². The summed E-state index contributed by atoms with van der Waals surface area (Å²) in [5, 5.41) is 2.54. The quantitative estimate of drug-likeness (QED) is 0.926. The maximum absolute atomic E-state index is 13.5. The minimum Gasteiger partial charge on any atom is -0.350 e. The first-order valence-electron chi connectivity index (χ1n) is 6.90. The van der Waals surface area contributed by atoms with Gasteiger partial charge in [-0.1, -0.05) is 6.07 Å². The summed E-state index contributed by atoms with van der Waals surface area (Å²) < 4.78 is 40.2. The van der Waals surface area contributed by atoms with E-state index in [9.17, 15) is 22.8 Å². The van der Waals surface area contributed by atoms with Gasteiger partial charge in [0.1, 0.15) is 11.9 Å². The fourth-order valence-electron chi connectivity index (χ4n) is 2.52. The van der Waals surface area contributed by atoms with Crippen LogP contribution >= 0.6 is 0 Å². The monoisotopic (exact) mass is 314 g/mol. The topological polar surface area (TPSA) is 49.4 Å². The number of nitrogens with zero attached hydrogens (tertiary/aromatic N) is 1. The molecule has 120 valence electrons. The highest BCUT2D eigenvalue weighted by molar-refractivity contribution is 5.90. The maximum atomic E-state index is 13.5. The lowest BCUT2D eigenvalue weighted by atomic mass is 10.0. The van der Waals surface area contributed by atoms with Crippen molar-refractivity contribution in [3.05, 3.63) is 35.1 Å². The van der Waals surface area contributed by atoms with Gasteiger partial charge in [-0.25, -0.2) is 13.2 Å². The first-order chi connectivity index (χ1) is 10.2. The van der Waals surface area contributed by atoms with Gasteiger partial charge in [0, 0.05) is 32.5 Å². The number of nitrogens with one attached hydrogen (secondary N) is 1. The van der Waals surface area contributed by atoms with E-state index >= 15 is 0 Å². The lowest BCUT2D eigenvalue weighted by molar-refractivity contribution is -0.133. The van der Waals surface area contributed by atoms with Gasteiger partial charge in [0.05, 0.1) is 0 Å². The van der Waals surface area contributed by atoms with Crippen LogP contribution in [-0.4, -0.2) is 29.8 Å². The van der Waals surface area contributed by atoms with Crippen molar-refractivity contribution in [3.8, 4) is 0 Å². The van der Waals surface area contributed by atoms with Crippen molar-refractivity contribution in [1.29, 1.82) is 0 Å². The van der Waals surface area contributed by atoms with Crippen LogP contribution in [0, 0.1) is 5.82 Å². The van der Waals surface area contributed by atoms with Crippen LogP contribution in [0.1, 0.15) is 30.9 Å². The summed E-state index contributed by atoms with van der Waals surface area (Å²) in [5.41, 5.74) is -0.308. The Kier molecular flexibility index (Phi) is 4.44. The fourth-order valence-corrected chi connectivity index (χ4v) is 2.52. The molecule has 1 aliphatic rings. The molecule has 2 amide bonds. The highest BCUT2D eigenvalue weighted by atomic mass is 19.3. The summed E-state index contributed by atoms with van der Waals surface area (Å²) in [7, 11) is 1.53. The Labute approximate surface area is 126 Å². The zero-order valence-corrected chi connectivity index (χ0v) is 12.3. The Morgan fingerprint density at radius 3 is 2.68 bits per heavy atom. The van der Waals surface area contributed by atoms with Crippen LogP contribution in [0.25, 0.3) is 0 Å². The number of halogens is 3. The Bertz CT molecular complexity index is 599. The van der Waals surface area contributed by atoms with E-state index in [0.29, 0.717) is 19.8 Å². The van der Waals surface area contributed by atoms with E-state index in [1.165, 1.54) is 18.0 Å². The molecule has 1 unspecified atom stereocenters. The molecule has 1 aromatic rings. The number of alkyl halides is 2. The number of hydrogen-bond acceptors (Lipinski definition) is 2. The molecule has 1 heterocycles. The van der Waals surface area contributed by atoms with Crippen LogP contribution in [0.15, 0.2) is 18.2 Å².